The van der Waals surface area contributed by atoms with E-state index in [1.807, 2.05) is 26.1 Å². The maximum Gasteiger partial charge on any atom is 0.258 e. The van der Waals surface area contributed by atoms with Crippen molar-refractivity contribution < 1.29 is 24.2 Å². The normalized spacial score (nSPS) is 21.5. The van der Waals surface area contributed by atoms with Crippen molar-refractivity contribution >= 4 is 17.5 Å². The van der Waals surface area contributed by atoms with Crippen LogP contribution in [-0.4, -0.2) is 83.8 Å². The van der Waals surface area contributed by atoms with Crippen molar-refractivity contribution in [3.8, 4) is 5.75 Å². The average molecular weight is 511 g/mol. The van der Waals surface area contributed by atoms with Gasteiger partial charge in [0.15, 0.2) is 5.75 Å². The molecule has 3 atom stereocenters. The van der Waals surface area contributed by atoms with Crippen LogP contribution < -0.4 is 10.1 Å². The first-order chi connectivity index (χ1) is 17.9. The molecule has 37 heavy (non-hydrogen) atoms. The topological polar surface area (TPSA) is 104 Å². The molecule has 0 spiro atoms. The zero-order valence-electron chi connectivity index (χ0n) is 21.9. The molecule has 2 aliphatic rings. The number of nitrogens with zero attached hydrogens (tertiary/aromatic N) is 3. The lowest BCUT2D eigenvalue weighted by Gasteiger charge is -2.38. The van der Waals surface area contributed by atoms with Crippen LogP contribution in [0, 0.1) is 11.8 Å². The maximum atomic E-state index is 13.6. The molecule has 0 bridgehead atoms. The lowest BCUT2D eigenvalue weighted by atomic mass is 9.98. The number of benzene rings is 1. The number of pyridine rings is 1. The summed E-state index contributed by atoms with van der Waals surface area (Å²) < 4.78 is 12.0. The molecule has 0 saturated carbocycles. The number of aliphatic hydroxyl groups excluding tert-OH is 1. The van der Waals surface area contributed by atoms with Crippen LogP contribution in [0.4, 0.5) is 5.69 Å². The predicted molar refractivity (Wildman–Crippen MR) is 140 cm³/mol. The fourth-order valence-electron chi connectivity index (χ4n) is 4.93. The van der Waals surface area contributed by atoms with Gasteiger partial charge >= 0.3 is 0 Å². The molecule has 3 heterocycles. The smallest absolute Gasteiger partial charge is 0.258 e. The number of para-hydroxylation sites is 1. The van der Waals surface area contributed by atoms with E-state index >= 15 is 0 Å². The number of likely N-dealkylation sites (N-methyl/N-ethyl adjacent to an activating group) is 1. The fourth-order valence-corrected chi connectivity index (χ4v) is 4.93. The van der Waals surface area contributed by atoms with Crippen LogP contribution in [-0.2, 0) is 16.1 Å². The number of aromatic nitrogens is 1. The summed E-state index contributed by atoms with van der Waals surface area (Å²) in [5, 5.41) is 12.9. The largest absolute Gasteiger partial charge is 0.486 e. The van der Waals surface area contributed by atoms with Crippen molar-refractivity contribution in [2.75, 3.05) is 45.3 Å². The number of ether oxygens (including phenoxy) is 2. The van der Waals surface area contributed by atoms with Gasteiger partial charge in [-0.25, -0.2) is 0 Å². The van der Waals surface area contributed by atoms with Crippen LogP contribution in [0.2, 0.25) is 0 Å². The van der Waals surface area contributed by atoms with Gasteiger partial charge in [-0.15, -0.1) is 0 Å². The zero-order chi connectivity index (χ0) is 26.4. The minimum Gasteiger partial charge on any atom is -0.486 e. The molecule has 2 aromatic rings. The number of rotatable bonds is 8. The van der Waals surface area contributed by atoms with Crippen molar-refractivity contribution in [1.82, 2.24) is 14.8 Å². The Bertz CT molecular complexity index is 1060. The van der Waals surface area contributed by atoms with E-state index in [2.05, 4.69) is 22.1 Å². The van der Waals surface area contributed by atoms with Crippen molar-refractivity contribution in [1.29, 1.82) is 0 Å². The summed E-state index contributed by atoms with van der Waals surface area (Å²) in [5.74, 6) is -0.0768. The Labute approximate surface area is 218 Å². The van der Waals surface area contributed by atoms with Crippen LogP contribution in [0.3, 0.4) is 0 Å². The predicted octanol–water partition coefficient (Wildman–Crippen LogP) is 2.80. The Hall–Kier alpha value is -3.01. The molecule has 9 heteroatoms. The monoisotopic (exact) mass is 510 g/mol. The first-order valence-corrected chi connectivity index (χ1v) is 13.0. The molecule has 2 aliphatic heterocycles. The quantitative estimate of drug-likeness (QED) is 0.563. The number of hydrogen-bond acceptors (Lipinski definition) is 7. The second kappa shape index (κ2) is 12.5. The Kier molecular flexibility index (Phi) is 9.13. The first kappa shape index (κ1) is 27.0. The fraction of sp³-hybridized carbons (Fsp3) is 0.536. The number of aliphatic hydroxyl groups is 1. The number of amides is 2. The Balaban J connectivity index is 1.63. The molecule has 0 radical (unpaired) electrons. The zero-order valence-corrected chi connectivity index (χ0v) is 21.9. The van der Waals surface area contributed by atoms with E-state index < -0.39 is 0 Å². The average Bonchev–Trinajstić information content (AvgIpc) is 2.91. The third-order valence-corrected chi connectivity index (χ3v) is 7.23. The van der Waals surface area contributed by atoms with E-state index in [1.165, 1.54) is 0 Å². The maximum absolute atomic E-state index is 13.6. The van der Waals surface area contributed by atoms with Crippen LogP contribution in [0.25, 0.3) is 0 Å². The molecule has 0 unspecified atom stereocenters. The SMILES string of the molecule is C[C@@H]1CN([C@H](C)CO)C(=O)c2cccc(NC(=O)C3CCOCC3)c2O[C@H]1CN(C)Cc1ccncc1. The van der Waals surface area contributed by atoms with E-state index in [0.717, 1.165) is 12.1 Å². The third-order valence-electron chi connectivity index (χ3n) is 7.23. The Morgan fingerprint density at radius 3 is 2.68 bits per heavy atom. The van der Waals surface area contributed by atoms with Gasteiger partial charge in [-0.3, -0.25) is 19.5 Å². The number of nitrogens with one attached hydrogen (secondary N) is 1. The van der Waals surface area contributed by atoms with E-state index in [-0.39, 0.29) is 42.4 Å². The molecule has 0 aliphatic carbocycles. The summed E-state index contributed by atoms with van der Waals surface area (Å²) >= 11 is 0. The van der Waals surface area contributed by atoms with Crippen LogP contribution in [0.15, 0.2) is 42.7 Å². The van der Waals surface area contributed by atoms with E-state index in [0.29, 0.717) is 56.1 Å². The highest BCUT2D eigenvalue weighted by molar-refractivity contribution is 6.02. The van der Waals surface area contributed by atoms with Gasteiger partial charge in [0.1, 0.15) is 6.10 Å². The summed E-state index contributed by atoms with van der Waals surface area (Å²) in [4.78, 5) is 34.7. The number of fused-ring (bicyclic) bond motifs is 1. The van der Waals surface area contributed by atoms with E-state index in [9.17, 15) is 14.7 Å². The van der Waals surface area contributed by atoms with Gasteiger partial charge in [-0.1, -0.05) is 13.0 Å². The minimum absolute atomic E-state index is 0.0229. The highest BCUT2D eigenvalue weighted by Gasteiger charge is 2.35. The number of anilines is 1. The molecule has 9 nitrogen and oxygen atoms in total. The van der Waals surface area contributed by atoms with Crippen molar-refractivity contribution in [3.05, 3.63) is 53.9 Å². The summed E-state index contributed by atoms with van der Waals surface area (Å²) in [7, 11) is 2.04. The third kappa shape index (κ3) is 6.66. The van der Waals surface area contributed by atoms with E-state index in [4.69, 9.17) is 9.47 Å². The molecule has 2 N–H and O–H groups in total. The summed E-state index contributed by atoms with van der Waals surface area (Å²) in [6.45, 7) is 6.68. The molecular formula is C28H38N4O5. The van der Waals surface area contributed by atoms with Crippen LogP contribution in [0.5, 0.6) is 5.75 Å². The Morgan fingerprint density at radius 1 is 1.24 bits per heavy atom. The van der Waals surface area contributed by atoms with Crippen molar-refractivity contribution in [2.24, 2.45) is 11.8 Å². The van der Waals surface area contributed by atoms with Gasteiger partial charge in [-0.05, 0) is 56.6 Å². The van der Waals surface area contributed by atoms with Gasteiger partial charge < -0.3 is 24.8 Å². The second-order valence-corrected chi connectivity index (χ2v) is 10.2. The number of hydrogen-bond donors (Lipinski definition) is 2. The highest BCUT2D eigenvalue weighted by Crippen LogP contribution is 2.35. The number of carbonyl (C=O) groups excluding carboxylic acids is 2. The van der Waals surface area contributed by atoms with Gasteiger partial charge in [0, 0.05) is 57.1 Å². The summed E-state index contributed by atoms with van der Waals surface area (Å²) in [6.07, 6.45) is 4.64. The van der Waals surface area contributed by atoms with Crippen molar-refractivity contribution in [2.45, 2.75) is 45.4 Å². The lowest BCUT2D eigenvalue weighted by molar-refractivity contribution is -0.122. The Morgan fingerprint density at radius 2 is 1.97 bits per heavy atom. The molecule has 1 aromatic carbocycles. The lowest BCUT2D eigenvalue weighted by Crippen LogP contribution is -2.49. The standard InChI is InChI=1S/C28H38N4O5/c1-19-15-32(20(2)18-33)28(35)23-5-4-6-24(30-27(34)22-9-13-36-14-10-22)26(23)37-25(19)17-31(3)16-21-7-11-29-12-8-21/h4-8,11-12,19-20,22,25,33H,9-10,13-18H2,1-3H3,(H,30,34)/t19-,20-,25+/m1/s1. The minimum atomic E-state index is -0.350. The highest BCUT2D eigenvalue weighted by atomic mass is 16.5. The van der Waals surface area contributed by atoms with E-state index in [1.54, 1.807) is 35.5 Å². The number of carbonyl (C=O) groups is 2. The summed E-state index contributed by atoms with van der Waals surface area (Å²) in [6, 6.07) is 8.90. The summed E-state index contributed by atoms with van der Waals surface area (Å²) in [5.41, 5.74) is 2.03. The second-order valence-electron chi connectivity index (χ2n) is 10.2. The van der Waals surface area contributed by atoms with Crippen LogP contribution >= 0.6 is 0 Å². The molecular weight excluding hydrogens is 472 g/mol. The van der Waals surface area contributed by atoms with Crippen molar-refractivity contribution in [3.63, 3.8) is 0 Å². The molecule has 2 amide bonds. The molecule has 4 rings (SSSR count). The molecule has 200 valence electrons. The van der Waals surface area contributed by atoms with Gasteiger partial charge in [-0.2, -0.15) is 0 Å². The molecule has 1 fully saturated rings. The van der Waals surface area contributed by atoms with Gasteiger partial charge in [0.05, 0.1) is 23.9 Å². The van der Waals surface area contributed by atoms with Gasteiger partial charge in [0.2, 0.25) is 5.91 Å². The van der Waals surface area contributed by atoms with Gasteiger partial charge in [0.25, 0.3) is 5.91 Å². The first-order valence-electron chi connectivity index (χ1n) is 13.0. The molecule has 1 saturated heterocycles. The molecule has 1 aromatic heterocycles. The van der Waals surface area contributed by atoms with Crippen LogP contribution in [0.1, 0.15) is 42.6 Å².